The monoisotopic (exact) mass is 303 g/mol. The highest BCUT2D eigenvalue weighted by molar-refractivity contribution is 5.87. The molecule has 0 saturated heterocycles. The number of amides is 1. The fourth-order valence-corrected chi connectivity index (χ4v) is 1.86. The number of nitrogens with one attached hydrogen (secondary N) is 1. The Morgan fingerprint density at radius 3 is 2.36 bits per heavy atom. The van der Waals surface area contributed by atoms with Crippen LogP contribution >= 0.6 is 0 Å². The molecule has 1 rings (SSSR count). The van der Waals surface area contributed by atoms with Crippen LogP contribution in [0, 0.1) is 0 Å². The number of hydrogen-bond donors (Lipinski definition) is 1. The molecule has 0 aliphatic rings. The molecule has 0 fully saturated rings. The second-order valence-electron chi connectivity index (χ2n) is 6.16. The Kier molecular flexibility index (Phi) is 6.83. The molecule has 4 heteroatoms. The van der Waals surface area contributed by atoms with Crippen molar-refractivity contribution >= 4 is 11.7 Å². The first-order valence-corrected chi connectivity index (χ1v) is 7.48. The summed E-state index contributed by atoms with van der Waals surface area (Å²) in [6.07, 6.45) is 1.84. The number of ketones is 1. The van der Waals surface area contributed by atoms with Crippen molar-refractivity contribution < 1.29 is 14.3 Å². The molecule has 0 bridgehead atoms. The van der Waals surface area contributed by atoms with E-state index in [2.05, 4.69) is 32.7 Å². The second kappa shape index (κ2) is 8.37. The summed E-state index contributed by atoms with van der Waals surface area (Å²) >= 11 is 0. The van der Waals surface area contributed by atoms with E-state index in [1.165, 1.54) is 11.6 Å². The van der Waals surface area contributed by atoms with E-state index in [9.17, 15) is 9.59 Å². The molecule has 120 valence electrons. The van der Waals surface area contributed by atoms with E-state index in [-0.39, 0.29) is 17.1 Å². The highest BCUT2D eigenvalue weighted by Crippen LogP contribution is 2.24. The van der Waals surface area contributed by atoms with Crippen LogP contribution in [0.4, 0.5) is 0 Å². The molecule has 1 aromatic carbocycles. The van der Waals surface area contributed by atoms with Crippen molar-refractivity contribution in [3.05, 3.63) is 42.5 Å². The zero-order valence-corrected chi connectivity index (χ0v) is 13.6. The summed E-state index contributed by atoms with van der Waals surface area (Å²) in [5, 5.41) is 2.57. The van der Waals surface area contributed by atoms with E-state index in [1.54, 1.807) is 0 Å². The number of carbonyl (C=O) groups excluding carboxylic acids is 2. The highest BCUT2D eigenvalue weighted by atomic mass is 16.5. The van der Waals surface area contributed by atoms with Gasteiger partial charge in [0.1, 0.15) is 11.5 Å². The van der Waals surface area contributed by atoms with Crippen molar-refractivity contribution in [3.8, 4) is 5.75 Å². The summed E-state index contributed by atoms with van der Waals surface area (Å²) < 4.78 is 5.57. The largest absolute Gasteiger partial charge is 0.493 e. The minimum absolute atomic E-state index is 0.0654. The molecule has 0 aromatic heterocycles. The minimum Gasteiger partial charge on any atom is -0.493 e. The van der Waals surface area contributed by atoms with Gasteiger partial charge in [-0.3, -0.25) is 9.59 Å². The van der Waals surface area contributed by atoms with Crippen molar-refractivity contribution in [2.45, 2.75) is 39.0 Å². The van der Waals surface area contributed by atoms with Crippen LogP contribution in [0.5, 0.6) is 5.75 Å². The van der Waals surface area contributed by atoms with E-state index >= 15 is 0 Å². The van der Waals surface area contributed by atoms with Gasteiger partial charge in [0, 0.05) is 19.4 Å². The zero-order chi connectivity index (χ0) is 16.6. The highest BCUT2D eigenvalue weighted by Gasteiger charge is 2.13. The van der Waals surface area contributed by atoms with Gasteiger partial charge < -0.3 is 10.1 Å². The molecule has 0 heterocycles. The van der Waals surface area contributed by atoms with Crippen LogP contribution in [-0.4, -0.2) is 24.8 Å². The Labute approximate surface area is 132 Å². The Morgan fingerprint density at radius 2 is 1.82 bits per heavy atom. The lowest BCUT2D eigenvalue weighted by Gasteiger charge is -2.19. The number of ether oxygens (including phenoxy) is 1. The standard InChI is InChI=1S/C18H25NO3/c1-5-17(21)19-12-10-15(20)11-13-22-16-8-6-14(7-9-16)18(2,3)4/h5-9H,1,10-13H2,2-4H3,(H,19,21). The molecule has 0 aliphatic heterocycles. The van der Waals surface area contributed by atoms with Gasteiger partial charge in [-0.1, -0.05) is 39.5 Å². The molecular formula is C18H25NO3. The average molecular weight is 303 g/mol. The van der Waals surface area contributed by atoms with E-state index in [1.807, 2.05) is 24.3 Å². The number of benzene rings is 1. The van der Waals surface area contributed by atoms with Crippen LogP contribution in [0.1, 0.15) is 39.2 Å². The number of carbonyl (C=O) groups is 2. The topological polar surface area (TPSA) is 55.4 Å². The van der Waals surface area contributed by atoms with E-state index in [4.69, 9.17) is 4.74 Å². The summed E-state index contributed by atoms with van der Waals surface area (Å²) in [6, 6.07) is 7.94. The third kappa shape index (κ3) is 6.57. The first-order chi connectivity index (χ1) is 10.3. The lowest BCUT2D eigenvalue weighted by atomic mass is 9.87. The van der Waals surface area contributed by atoms with Crippen LogP contribution in [-0.2, 0) is 15.0 Å². The van der Waals surface area contributed by atoms with Gasteiger partial charge in [-0.25, -0.2) is 0 Å². The first kappa shape index (κ1) is 18.0. The predicted molar refractivity (Wildman–Crippen MR) is 88.1 cm³/mol. The second-order valence-corrected chi connectivity index (χ2v) is 6.16. The van der Waals surface area contributed by atoms with Crippen LogP contribution in [0.15, 0.2) is 36.9 Å². The van der Waals surface area contributed by atoms with Crippen LogP contribution < -0.4 is 10.1 Å². The zero-order valence-electron chi connectivity index (χ0n) is 13.6. The summed E-state index contributed by atoms with van der Waals surface area (Å²) in [6.45, 7) is 10.5. The van der Waals surface area contributed by atoms with Crippen LogP contribution in [0.3, 0.4) is 0 Å². The molecule has 0 saturated carbocycles. The van der Waals surface area contributed by atoms with Crippen LogP contribution in [0.2, 0.25) is 0 Å². The molecule has 1 N–H and O–H groups in total. The fourth-order valence-electron chi connectivity index (χ4n) is 1.86. The Balaban J connectivity index is 2.28. The molecule has 1 amide bonds. The Bertz CT molecular complexity index is 512. The van der Waals surface area contributed by atoms with Gasteiger partial charge in [0.05, 0.1) is 6.61 Å². The average Bonchev–Trinajstić information content (AvgIpc) is 2.46. The van der Waals surface area contributed by atoms with E-state index in [0.717, 1.165) is 5.75 Å². The lowest BCUT2D eigenvalue weighted by molar-refractivity contribution is -0.119. The molecular weight excluding hydrogens is 278 g/mol. The van der Waals surface area contributed by atoms with Crippen molar-refractivity contribution in [1.29, 1.82) is 0 Å². The van der Waals surface area contributed by atoms with Crippen molar-refractivity contribution in [1.82, 2.24) is 5.32 Å². The van der Waals surface area contributed by atoms with Gasteiger partial charge in [-0.2, -0.15) is 0 Å². The Morgan fingerprint density at radius 1 is 1.18 bits per heavy atom. The molecule has 0 aliphatic carbocycles. The van der Waals surface area contributed by atoms with E-state index < -0.39 is 0 Å². The number of hydrogen-bond acceptors (Lipinski definition) is 3. The van der Waals surface area contributed by atoms with Crippen LogP contribution in [0.25, 0.3) is 0 Å². The van der Waals surface area contributed by atoms with Gasteiger partial charge in [-0.05, 0) is 29.2 Å². The van der Waals surface area contributed by atoms with Gasteiger partial charge in [0.2, 0.25) is 5.91 Å². The third-order valence-corrected chi connectivity index (χ3v) is 3.26. The first-order valence-electron chi connectivity index (χ1n) is 7.48. The minimum atomic E-state index is -0.261. The smallest absolute Gasteiger partial charge is 0.243 e. The summed E-state index contributed by atoms with van der Waals surface area (Å²) in [4.78, 5) is 22.6. The summed E-state index contributed by atoms with van der Waals surface area (Å²) in [5.74, 6) is 0.569. The fraction of sp³-hybridized carbons (Fsp3) is 0.444. The lowest BCUT2D eigenvalue weighted by Crippen LogP contribution is -2.24. The van der Waals surface area contributed by atoms with E-state index in [0.29, 0.717) is 26.0 Å². The SMILES string of the molecule is C=CC(=O)NCCC(=O)CCOc1ccc(C(C)(C)C)cc1. The quantitative estimate of drug-likeness (QED) is 0.751. The van der Waals surface area contributed by atoms with Crippen molar-refractivity contribution in [2.24, 2.45) is 0 Å². The maximum absolute atomic E-state index is 11.6. The van der Waals surface area contributed by atoms with Gasteiger partial charge in [0.15, 0.2) is 0 Å². The van der Waals surface area contributed by atoms with Crippen molar-refractivity contribution in [3.63, 3.8) is 0 Å². The molecule has 0 radical (unpaired) electrons. The van der Waals surface area contributed by atoms with Gasteiger partial charge in [-0.15, -0.1) is 0 Å². The molecule has 4 nitrogen and oxygen atoms in total. The van der Waals surface area contributed by atoms with Gasteiger partial charge in [0.25, 0.3) is 0 Å². The normalized spacial score (nSPS) is 10.9. The maximum atomic E-state index is 11.6. The summed E-state index contributed by atoms with van der Waals surface area (Å²) in [5.41, 5.74) is 1.36. The molecule has 22 heavy (non-hydrogen) atoms. The predicted octanol–water partition coefficient (Wildman–Crippen LogP) is 3.01. The molecule has 0 spiro atoms. The van der Waals surface area contributed by atoms with Crippen molar-refractivity contribution in [2.75, 3.05) is 13.2 Å². The summed E-state index contributed by atoms with van der Waals surface area (Å²) in [7, 11) is 0. The molecule has 0 unspecified atom stereocenters. The maximum Gasteiger partial charge on any atom is 0.243 e. The molecule has 1 aromatic rings. The van der Waals surface area contributed by atoms with Gasteiger partial charge >= 0.3 is 0 Å². The number of rotatable bonds is 8. The number of Topliss-reactive ketones (excluding diaryl/α,β-unsaturated/α-hetero) is 1. The molecule has 0 atom stereocenters. The third-order valence-electron chi connectivity index (χ3n) is 3.26. The Hall–Kier alpha value is -2.10.